The number of carbonyl (C=O) groups is 2. The Kier molecular flexibility index (Phi) is 7.62. The summed E-state index contributed by atoms with van der Waals surface area (Å²) in [4.78, 5) is 27.0. The van der Waals surface area contributed by atoms with Gasteiger partial charge in [0.05, 0.1) is 19.7 Å². The van der Waals surface area contributed by atoms with Gasteiger partial charge in [-0.3, -0.25) is 9.69 Å². The molecule has 0 aliphatic carbocycles. The molecule has 1 rings (SSSR count). The number of amides is 1. The Balaban J connectivity index is 2.31. The Morgan fingerprint density at radius 2 is 2.19 bits per heavy atom. The molecular weight excluding hydrogens is 272 g/mol. The summed E-state index contributed by atoms with van der Waals surface area (Å²) < 4.78 is 9.92. The van der Waals surface area contributed by atoms with Crippen molar-refractivity contribution in [3.05, 3.63) is 0 Å². The average molecular weight is 296 g/mol. The van der Waals surface area contributed by atoms with Gasteiger partial charge in [0, 0.05) is 13.0 Å². The van der Waals surface area contributed by atoms with Gasteiger partial charge in [-0.25, -0.2) is 4.79 Å². The van der Waals surface area contributed by atoms with Crippen molar-refractivity contribution in [2.45, 2.75) is 32.3 Å². The third kappa shape index (κ3) is 6.50. The van der Waals surface area contributed by atoms with Gasteiger partial charge in [0.1, 0.15) is 0 Å². The van der Waals surface area contributed by atoms with Gasteiger partial charge in [0.25, 0.3) is 5.91 Å². The lowest BCUT2D eigenvalue weighted by Crippen LogP contribution is -2.32. The van der Waals surface area contributed by atoms with Crippen LogP contribution in [-0.4, -0.2) is 68.3 Å². The number of ether oxygens (including phenoxy) is 2. The predicted molar refractivity (Wildman–Crippen MR) is 78.7 cm³/mol. The Hall–Kier alpha value is -1.74. The standard InChI is InChI=1S/C15H24N2O4/c1-4-5-12-20-15(19)21-13-8-11-17(14(13)18)10-7-6-9-16(2)3/h13H,4-5,8-12H2,1-3H3/t13-/m1/s1. The van der Waals surface area contributed by atoms with Crippen LogP contribution in [0.3, 0.4) is 0 Å². The maximum absolute atomic E-state index is 12.0. The van der Waals surface area contributed by atoms with Crippen LogP contribution in [0.15, 0.2) is 0 Å². The van der Waals surface area contributed by atoms with Crippen molar-refractivity contribution in [3.8, 4) is 11.8 Å². The predicted octanol–water partition coefficient (Wildman–Crippen LogP) is 1.11. The third-order valence-corrected chi connectivity index (χ3v) is 2.99. The molecule has 21 heavy (non-hydrogen) atoms. The molecule has 0 spiro atoms. The molecule has 0 radical (unpaired) electrons. The summed E-state index contributed by atoms with van der Waals surface area (Å²) in [6.07, 6.45) is 0.741. The molecule has 6 nitrogen and oxygen atoms in total. The number of likely N-dealkylation sites (tertiary alicyclic amines) is 1. The molecule has 0 N–H and O–H groups in total. The molecule has 0 aromatic carbocycles. The van der Waals surface area contributed by atoms with Crippen LogP contribution >= 0.6 is 0 Å². The maximum Gasteiger partial charge on any atom is 0.509 e. The minimum Gasteiger partial charge on any atom is -0.434 e. The van der Waals surface area contributed by atoms with Crippen molar-refractivity contribution in [2.24, 2.45) is 0 Å². The first-order valence-electron chi connectivity index (χ1n) is 7.27. The third-order valence-electron chi connectivity index (χ3n) is 2.99. The zero-order chi connectivity index (χ0) is 15.7. The lowest BCUT2D eigenvalue weighted by atomic mass is 10.3. The van der Waals surface area contributed by atoms with Crippen molar-refractivity contribution < 1.29 is 19.1 Å². The van der Waals surface area contributed by atoms with Gasteiger partial charge >= 0.3 is 6.16 Å². The first kappa shape index (κ1) is 17.3. The molecule has 0 aromatic rings. The summed E-state index contributed by atoms with van der Waals surface area (Å²) in [6, 6.07) is 0. The summed E-state index contributed by atoms with van der Waals surface area (Å²) in [6.45, 7) is 3.92. The van der Waals surface area contributed by atoms with E-state index in [1.165, 1.54) is 0 Å². The Labute approximate surface area is 126 Å². The van der Waals surface area contributed by atoms with Gasteiger partial charge in [-0.1, -0.05) is 25.2 Å². The van der Waals surface area contributed by atoms with Crippen molar-refractivity contribution in [2.75, 3.05) is 40.3 Å². The van der Waals surface area contributed by atoms with E-state index in [-0.39, 0.29) is 5.91 Å². The van der Waals surface area contributed by atoms with Crippen molar-refractivity contribution >= 4 is 12.1 Å². The molecule has 1 aliphatic rings. The first-order chi connectivity index (χ1) is 10.0. The maximum atomic E-state index is 12.0. The molecule has 0 bridgehead atoms. The SMILES string of the molecule is CCCCOC(=O)O[C@@H]1CCN(CC#CCN(C)C)C1=O. The highest BCUT2D eigenvalue weighted by Crippen LogP contribution is 2.14. The van der Waals surface area contributed by atoms with E-state index in [2.05, 4.69) is 11.8 Å². The van der Waals surface area contributed by atoms with Crippen LogP contribution in [0.25, 0.3) is 0 Å². The largest absolute Gasteiger partial charge is 0.509 e. The molecule has 0 unspecified atom stereocenters. The van der Waals surface area contributed by atoms with Gasteiger partial charge < -0.3 is 14.4 Å². The first-order valence-corrected chi connectivity index (χ1v) is 7.27. The fourth-order valence-electron chi connectivity index (χ4n) is 1.79. The molecule has 1 heterocycles. The molecule has 0 aromatic heterocycles. The van der Waals surface area contributed by atoms with E-state index in [1.54, 1.807) is 4.90 Å². The average Bonchev–Trinajstić information content (AvgIpc) is 2.76. The summed E-state index contributed by atoms with van der Waals surface area (Å²) >= 11 is 0. The number of unbranched alkanes of at least 4 members (excludes halogenated alkanes) is 1. The molecule has 1 saturated heterocycles. The fourth-order valence-corrected chi connectivity index (χ4v) is 1.79. The normalized spacial score (nSPS) is 17.6. The molecule has 6 heteroatoms. The Morgan fingerprint density at radius 3 is 2.86 bits per heavy atom. The van der Waals surface area contributed by atoms with Crippen LogP contribution in [0.1, 0.15) is 26.2 Å². The molecular formula is C15H24N2O4. The van der Waals surface area contributed by atoms with Crippen LogP contribution in [0, 0.1) is 11.8 Å². The molecule has 1 amide bonds. The summed E-state index contributed by atoms with van der Waals surface area (Å²) in [5, 5.41) is 0. The van der Waals surface area contributed by atoms with Crippen LogP contribution in [0.2, 0.25) is 0 Å². The highest BCUT2D eigenvalue weighted by Gasteiger charge is 2.34. The molecule has 1 fully saturated rings. The van der Waals surface area contributed by atoms with Crippen LogP contribution in [0.4, 0.5) is 4.79 Å². The second-order valence-corrected chi connectivity index (χ2v) is 5.20. The molecule has 118 valence electrons. The summed E-state index contributed by atoms with van der Waals surface area (Å²) in [5.74, 6) is 5.73. The number of hydrogen-bond acceptors (Lipinski definition) is 5. The number of carbonyl (C=O) groups excluding carboxylic acids is 2. The van der Waals surface area contributed by atoms with Crippen molar-refractivity contribution in [3.63, 3.8) is 0 Å². The quantitative estimate of drug-likeness (QED) is 0.417. The minimum absolute atomic E-state index is 0.193. The van der Waals surface area contributed by atoms with Crippen LogP contribution in [-0.2, 0) is 14.3 Å². The highest BCUT2D eigenvalue weighted by atomic mass is 16.7. The zero-order valence-corrected chi connectivity index (χ0v) is 13.1. The lowest BCUT2D eigenvalue weighted by Gasteiger charge is -2.13. The fraction of sp³-hybridized carbons (Fsp3) is 0.733. The van der Waals surface area contributed by atoms with E-state index in [1.807, 2.05) is 25.9 Å². The topological polar surface area (TPSA) is 59.1 Å². The molecule has 1 atom stereocenters. The lowest BCUT2D eigenvalue weighted by molar-refractivity contribution is -0.135. The van der Waals surface area contributed by atoms with E-state index in [0.717, 1.165) is 12.8 Å². The van der Waals surface area contributed by atoms with Gasteiger partial charge in [-0.15, -0.1) is 0 Å². The molecule has 1 aliphatic heterocycles. The van der Waals surface area contributed by atoms with Crippen molar-refractivity contribution in [1.29, 1.82) is 0 Å². The smallest absolute Gasteiger partial charge is 0.434 e. The Morgan fingerprint density at radius 1 is 1.43 bits per heavy atom. The number of hydrogen-bond donors (Lipinski definition) is 0. The van der Waals surface area contributed by atoms with E-state index in [0.29, 0.717) is 32.7 Å². The second kappa shape index (κ2) is 9.24. The van der Waals surface area contributed by atoms with Gasteiger partial charge in [-0.05, 0) is 20.5 Å². The van der Waals surface area contributed by atoms with Gasteiger partial charge in [0.15, 0.2) is 6.10 Å². The zero-order valence-electron chi connectivity index (χ0n) is 13.1. The van der Waals surface area contributed by atoms with Gasteiger partial charge in [-0.2, -0.15) is 0 Å². The van der Waals surface area contributed by atoms with E-state index in [4.69, 9.17) is 9.47 Å². The number of rotatable bonds is 6. The van der Waals surface area contributed by atoms with E-state index in [9.17, 15) is 9.59 Å². The van der Waals surface area contributed by atoms with Crippen LogP contribution in [0.5, 0.6) is 0 Å². The van der Waals surface area contributed by atoms with Crippen molar-refractivity contribution in [1.82, 2.24) is 9.80 Å². The summed E-state index contributed by atoms with van der Waals surface area (Å²) in [7, 11) is 3.87. The molecule has 0 saturated carbocycles. The highest BCUT2D eigenvalue weighted by molar-refractivity contribution is 5.85. The van der Waals surface area contributed by atoms with E-state index >= 15 is 0 Å². The van der Waals surface area contributed by atoms with Crippen LogP contribution < -0.4 is 0 Å². The minimum atomic E-state index is -0.762. The van der Waals surface area contributed by atoms with E-state index < -0.39 is 12.3 Å². The summed E-state index contributed by atoms with van der Waals surface area (Å²) in [5.41, 5.74) is 0. The number of nitrogens with zero attached hydrogens (tertiary/aromatic N) is 2. The monoisotopic (exact) mass is 296 g/mol. The van der Waals surface area contributed by atoms with Gasteiger partial charge in [0.2, 0.25) is 0 Å². The second-order valence-electron chi connectivity index (χ2n) is 5.20. The Bertz CT molecular complexity index is 412.